The molecule has 0 aliphatic heterocycles. The van der Waals surface area contributed by atoms with Crippen LogP contribution in [0.4, 0.5) is 0 Å². The first-order chi connectivity index (χ1) is 12.3. The van der Waals surface area contributed by atoms with Crippen LogP contribution in [-0.4, -0.2) is 13.1 Å². The summed E-state index contributed by atoms with van der Waals surface area (Å²) in [5, 5.41) is 3.11. The Kier molecular flexibility index (Phi) is 11.7. The molecule has 0 spiro atoms. The molecule has 0 aromatic heterocycles. The van der Waals surface area contributed by atoms with Crippen molar-refractivity contribution in [3.8, 4) is 0 Å². The van der Waals surface area contributed by atoms with Crippen molar-refractivity contribution in [2.75, 3.05) is 13.1 Å². The van der Waals surface area contributed by atoms with Gasteiger partial charge in [0.05, 0.1) is 0 Å². The highest BCUT2D eigenvalue weighted by Gasteiger charge is 2.22. The molecule has 25 heavy (non-hydrogen) atoms. The van der Waals surface area contributed by atoms with E-state index >= 15 is 0 Å². The zero-order chi connectivity index (χ0) is 18.3. The van der Waals surface area contributed by atoms with Gasteiger partial charge in [-0.2, -0.15) is 0 Å². The molecule has 0 bridgehead atoms. The Morgan fingerprint density at radius 3 is 1.52 bits per heavy atom. The second-order valence-corrected chi connectivity index (χ2v) is 6.57. The van der Waals surface area contributed by atoms with Crippen molar-refractivity contribution in [3.63, 3.8) is 0 Å². The lowest BCUT2D eigenvalue weighted by Crippen LogP contribution is -2.14. The minimum absolute atomic E-state index is 0.536. The van der Waals surface area contributed by atoms with Crippen LogP contribution in [-0.2, 0) is 0 Å². The first-order valence-corrected chi connectivity index (χ1v) is 10.1. The number of unbranched alkanes of at least 4 members (excludes halogenated alkanes) is 1. The summed E-state index contributed by atoms with van der Waals surface area (Å²) in [6.07, 6.45) is 5.18. The maximum absolute atomic E-state index is 3.11. The molecule has 0 aliphatic rings. The summed E-state index contributed by atoms with van der Waals surface area (Å²) in [4.78, 5) is 0. The predicted octanol–water partition coefficient (Wildman–Crippen LogP) is 6.65. The van der Waals surface area contributed by atoms with Crippen molar-refractivity contribution < 1.29 is 0 Å². The van der Waals surface area contributed by atoms with Crippen LogP contribution in [0.2, 0.25) is 0 Å². The molecule has 1 N–H and O–H groups in total. The maximum Gasteiger partial charge on any atom is 0.0117 e. The summed E-state index contributed by atoms with van der Waals surface area (Å²) in [5.41, 5.74) is 2.92. The molecule has 1 unspecified atom stereocenters. The van der Waals surface area contributed by atoms with Crippen LogP contribution in [0.5, 0.6) is 0 Å². The molecule has 0 saturated heterocycles. The summed E-state index contributed by atoms with van der Waals surface area (Å²) >= 11 is 0. The van der Waals surface area contributed by atoms with E-state index in [4.69, 9.17) is 0 Å². The fourth-order valence-electron chi connectivity index (χ4n) is 3.38. The largest absolute Gasteiger partial charge is 0.317 e. The van der Waals surface area contributed by atoms with Crippen LogP contribution in [0.3, 0.4) is 0 Å². The van der Waals surface area contributed by atoms with Gasteiger partial charge < -0.3 is 5.32 Å². The van der Waals surface area contributed by atoms with Crippen molar-refractivity contribution >= 4 is 0 Å². The van der Waals surface area contributed by atoms with Gasteiger partial charge in [-0.05, 0) is 36.6 Å². The lowest BCUT2D eigenvalue weighted by molar-refractivity contribution is 0.406. The van der Waals surface area contributed by atoms with Gasteiger partial charge in [0.15, 0.2) is 0 Å². The molecular formula is C24H37N. The fourth-order valence-corrected chi connectivity index (χ4v) is 3.38. The van der Waals surface area contributed by atoms with Crippen molar-refractivity contribution in [1.82, 2.24) is 5.32 Å². The van der Waals surface area contributed by atoms with Crippen LogP contribution in [0, 0.1) is 5.92 Å². The van der Waals surface area contributed by atoms with E-state index < -0.39 is 0 Å². The molecule has 1 heteroatoms. The van der Waals surface area contributed by atoms with E-state index in [1.165, 1.54) is 36.8 Å². The molecule has 138 valence electrons. The van der Waals surface area contributed by atoms with Gasteiger partial charge in [0.2, 0.25) is 0 Å². The van der Waals surface area contributed by atoms with E-state index in [-0.39, 0.29) is 0 Å². The molecule has 2 aromatic rings. The average Bonchev–Trinajstić information content (AvgIpc) is 2.67. The summed E-state index contributed by atoms with van der Waals surface area (Å²) in [6, 6.07) is 22.0. The van der Waals surface area contributed by atoms with Gasteiger partial charge in [0, 0.05) is 5.92 Å². The van der Waals surface area contributed by atoms with E-state index in [0.717, 1.165) is 19.0 Å². The molecule has 0 radical (unpaired) electrons. The number of hydrogen-bond donors (Lipinski definition) is 1. The monoisotopic (exact) mass is 339 g/mol. The quantitative estimate of drug-likeness (QED) is 0.539. The summed E-state index contributed by atoms with van der Waals surface area (Å²) in [5.74, 6) is 1.27. The number of rotatable bonds is 9. The molecule has 1 atom stereocenters. The molecule has 0 aliphatic carbocycles. The Bertz CT molecular complexity index is 479. The molecule has 0 fully saturated rings. The fraction of sp³-hybridized carbons (Fsp3) is 0.500. The summed E-state index contributed by atoms with van der Waals surface area (Å²) in [7, 11) is 0. The Hall–Kier alpha value is -1.60. The number of benzene rings is 2. The molecule has 0 heterocycles. The lowest BCUT2D eigenvalue weighted by atomic mass is 9.77. The first kappa shape index (κ1) is 21.4. The summed E-state index contributed by atoms with van der Waals surface area (Å²) in [6.45, 7) is 11.0. The van der Waals surface area contributed by atoms with E-state index in [1.807, 2.05) is 0 Å². The smallest absolute Gasteiger partial charge is 0.0117 e. The third-order valence-corrected chi connectivity index (χ3v) is 4.74. The highest BCUT2D eigenvalue weighted by molar-refractivity contribution is 5.33. The van der Waals surface area contributed by atoms with Gasteiger partial charge >= 0.3 is 0 Å². The lowest BCUT2D eigenvalue weighted by Gasteiger charge is -2.27. The first-order valence-electron chi connectivity index (χ1n) is 10.1. The highest BCUT2D eigenvalue weighted by atomic mass is 14.8. The van der Waals surface area contributed by atoms with Crippen LogP contribution in [0.1, 0.15) is 70.4 Å². The molecule has 0 saturated carbocycles. The normalized spacial score (nSPS) is 11.7. The van der Waals surface area contributed by atoms with E-state index in [9.17, 15) is 0 Å². The minimum atomic E-state index is 0.536. The van der Waals surface area contributed by atoms with E-state index in [0.29, 0.717) is 5.92 Å². The van der Waals surface area contributed by atoms with Crippen LogP contribution in [0.25, 0.3) is 0 Å². The third kappa shape index (κ3) is 7.88. The van der Waals surface area contributed by atoms with E-state index in [1.54, 1.807) is 0 Å². The van der Waals surface area contributed by atoms with Crippen molar-refractivity contribution in [1.29, 1.82) is 0 Å². The molecular weight excluding hydrogens is 302 g/mol. The average molecular weight is 340 g/mol. The Morgan fingerprint density at radius 2 is 1.20 bits per heavy atom. The Labute approximate surface area is 155 Å². The predicted molar refractivity (Wildman–Crippen MR) is 112 cm³/mol. The molecule has 2 aromatic carbocycles. The van der Waals surface area contributed by atoms with Gasteiger partial charge in [0.25, 0.3) is 0 Å². The second kappa shape index (κ2) is 13.7. The molecule has 1 nitrogen and oxygen atoms in total. The molecule has 2 rings (SSSR count). The van der Waals surface area contributed by atoms with Gasteiger partial charge in [0.1, 0.15) is 0 Å². The third-order valence-electron chi connectivity index (χ3n) is 4.74. The van der Waals surface area contributed by atoms with Gasteiger partial charge in [-0.1, -0.05) is 108 Å². The number of hydrogen-bond acceptors (Lipinski definition) is 1. The number of nitrogens with one attached hydrogen (secondary N) is 1. The topological polar surface area (TPSA) is 12.0 Å². The van der Waals surface area contributed by atoms with Crippen molar-refractivity contribution in [2.45, 2.75) is 59.3 Å². The van der Waals surface area contributed by atoms with Gasteiger partial charge in [-0.25, -0.2) is 0 Å². The van der Waals surface area contributed by atoms with Crippen LogP contribution >= 0.6 is 0 Å². The zero-order valence-electron chi connectivity index (χ0n) is 16.7. The van der Waals surface area contributed by atoms with Crippen LogP contribution < -0.4 is 5.32 Å². The summed E-state index contributed by atoms with van der Waals surface area (Å²) < 4.78 is 0. The van der Waals surface area contributed by atoms with E-state index in [2.05, 4.69) is 93.7 Å². The zero-order valence-corrected chi connectivity index (χ0v) is 16.7. The second-order valence-electron chi connectivity index (χ2n) is 6.57. The SMILES string of the molecule is CCCCC(CC)C(c1ccccc1)c1ccccc1.CCNCC. The standard InChI is InChI=1S/C20H26.C4H11N/c1-3-5-12-17(4-2)20(18-13-8-6-9-14-18)19-15-10-7-11-16-19;1-3-5-4-2/h6-11,13-17,20H,3-5,12H2,1-2H3;5H,3-4H2,1-2H3. The molecule has 0 amide bonds. The minimum Gasteiger partial charge on any atom is -0.317 e. The Morgan fingerprint density at radius 1 is 0.720 bits per heavy atom. The van der Waals surface area contributed by atoms with Gasteiger partial charge in [-0.3, -0.25) is 0 Å². The van der Waals surface area contributed by atoms with Crippen molar-refractivity contribution in [2.24, 2.45) is 5.92 Å². The van der Waals surface area contributed by atoms with Gasteiger partial charge in [-0.15, -0.1) is 0 Å². The maximum atomic E-state index is 3.11. The highest BCUT2D eigenvalue weighted by Crippen LogP contribution is 2.36. The van der Waals surface area contributed by atoms with Crippen molar-refractivity contribution in [3.05, 3.63) is 71.8 Å². The van der Waals surface area contributed by atoms with Crippen LogP contribution in [0.15, 0.2) is 60.7 Å². The Balaban J connectivity index is 0.000000550.